The first-order valence-electron chi connectivity index (χ1n) is 11.8. The molecule has 0 saturated carbocycles. The number of methoxy groups -OCH3 is 1. The second-order valence-electron chi connectivity index (χ2n) is 8.82. The number of nitrogens with one attached hydrogen (secondary N) is 2. The molecule has 7 nitrogen and oxygen atoms in total. The lowest BCUT2D eigenvalue weighted by Gasteiger charge is -2.38. The summed E-state index contributed by atoms with van der Waals surface area (Å²) < 4.78 is 40.4. The fraction of sp³-hybridized carbons (Fsp3) is 0.333. The third-order valence-corrected chi connectivity index (χ3v) is 7.39. The van der Waals surface area contributed by atoms with Crippen LogP contribution in [0.5, 0.6) is 11.5 Å². The van der Waals surface area contributed by atoms with Crippen LogP contribution in [-0.4, -0.2) is 47.3 Å². The summed E-state index contributed by atoms with van der Waals surface area (Å²) in [4.78, 5) is 2.43. The molecular weight excluding hydrogens is 462 g/mol. The van der Waals surface area contributed by atoms with Gasteiger partial charge in [-0.15, -0.1) is 0 Å². The summed E-state index contributed by atoms with van der Waals surface area (Å²) in [5.74, 6) is 1.23. The molecule has 0 bridgehead atoms. The molecule has 2 atom stereocenters. The molecule has 3 aromatic carbocycles. The minimum Gasteiger partial charge on any atom is -0.495 e. The van der Waals surface area contributed by atoms with Crippen molar-refractivity contribution in [1.82, 2.24) is 5.32 Å². The Balaban J connectivity index is 1.59. The Bertz CT molecular complexity index is 1250. The van der Waals surface area contributed by atoms with Gasteiger partial charge < -0.3 is 19.7 Å². The number of anilines is 2. The zero-order chi connectivity index (χ0) is 25.0. The molecule has 186 valence electrons. The van der Waals surface area contributed by atoms with Crippen LogP contribution < -0.4 is 24.4 Å². The van der Waals surface area contributed by atoms with Gasteiger partial charge in [-0.25, -0.2) is 8.42 Å². The van der Waals surface area contributed by atoms with E-state index in [1.165, 1.54) is 7.11 Å². The van der Waals surface area contributed by atoms with Gasteiger partial charge in [0.2, 0.25) is 0 Å². The lowest BCUT2D eigenvalue weighted by molar-refractivity contribution is 0.341. The molecule has 0 radical (unpaired) electrons. The van der Waals surface area contributed by atoms with E-state index in [1.807, 2.05) is 43.3 Å². The molecule has 3 aromatic rings. The fourth-order valence-corrected chi connectivity index (χ4v) is 5.58. The summed E-state index contributed by atoms with van der Waals surface area (Å²) in [6.45, 7) is 8.46. The molecule has 1 aliphatic heterocycles. The van der Waals surface area contributed by atoms with Crippen LogP contribution in [0.15, 0.2) is 71.6 Å². The molecule has 0 aromatic heterocycles. The average molecular weight is 496 g/mol. The Morgan fingerprint density at radius 2 is 1.66 bits per heavy atom. The van der Waals surface area contributed by atoms with Crippen LogP contribution in [0.25, 0.3) is 11.1 Å². The van der Waals surface area contributed by atoms with E-state index in [-0.39, 0.29) is 4.90 Å². The van der Waals surface area contributed by atoms with Crippen LogP contribution in [0.4, 0.5) is 11.4 Å². The fourth-order valence-electron chi connectivity index (χ4n) is 4.51. The third kappa shape index (κ3) is 5.71. The van der Waals surface area contributed by atoms with Crippen molar-refractivity contribution in [3.63, 3.8) is 0 Å². The van der Waals surface area contributed by atoms with Crippen molar-refractivity contribution in [2.75, 3.05) is 36.4 Å². The number of para-hydroxylation sites is 1. The number of hydrogen-bond donors (Lipinski definition) is 2. The van der Waals surface area contributed by atoms with E-state index in [9.17, 15) is 8.42 Å². The lowest BCUT2D eigenvalue weighted by Crippen LogP contribution is -2.54. The highest BCUT2D eigenvalue weighted by Gasteiger charge is 2.23. The molecule has 0 spiro atoms. The first-order valence-corrected chi connectivity index (χ1v) is 13.3. The molecule has 0 unspecified atom stereocenters. The van der Waals surface area contributed by atoms with Gasteiger partial charge in [-0.3, -0.25) is 4.72 Å². The van der Waals surface area contributed by atoms with Crippen molar-refractivity contribution in [1.29, 1.82) is 0 Å². The second kappa shape index (κ2) is 10.6. The summed E-state index contributed by atoms with van der Waals surface area (Å²) in [6.07, 6.45) is 0. The molecule has 2 N–H and O–H groups in total. The SMILES string of the molecule is CCOc1ccccc1-c1ccc(S(=O)(=O)Nc2cc(N3C[C@@H](C)N[C@@H](C)C3)ccc2OC)cc1. The average Bonchev–Trinajstić information content (AvgIpc) is 2.84. The largest absolute Gasteiger partial charge is 0.495 e. The van der Waals surface area contributed by atoms with Crippen molar-refractivity contribution in [2.45, 2.75) is 37.8 Å². The Morgan fingerprint density at radius 1 is 0.971 bits per heavy atom. The zero-order valence-electron chi connectivity index (χ0n) is 20.6. The minimum atomic E-state index is -3.83. The highest BCUT2D eigenvalue weighted by atomic mass is 32.2. The Hall–Kier alpha value is -3.23. The normalized spacial score (nSPS) is 18.2. The summed E-state index contributed by atoms with van der Waals surface area (Å²) in [6, 6.07) is 20.8. The second-order valence-corrected chi connectivity index (χ2v) is 10.5. The van der Waals surface area contributed by atoms with Gasteiger partial charge in [0.05, 0.1) is 24.3 Å². The molecule has 4 rings (SSSR count). The van der Waals surface area contributed by atoms with E-state index < -0.39 is 10.0 Å². The molecular formula is C27H33N3O4S. The maximum absolute atomic E-state index is 13.3. The van der Waals surface area contributed by atoms with E-state index in [4.69, 9.17) is 9.47 Å². The predicted molar refractivity (Wildman–Crippen MR) is 141 cm³/mol. The number of ether oxygens (including phenoxy) is 2. The van der Waals surface area contributed by atoms with Gasteiger partial charge in [0.15, 0.2) is 0 Å². The third-order valence-electron chi connectivity index (χ3n) is 6.01. The Labute approximate surface area is 208 Å². The van der Waals surface area contributed by atoms with Gasteiger partial charge >= 0.3 is 0 Å². The van der Waals surface area contributed by atoms with Crippen LogP contribution in [0.1, 0.15) is 20.8 Å². The number of nitrogens with zero attached hydrogens (tertiary/aromatic N) is 1. The first kappa shape index (κ1) is 24.9. The number of piperazine rings is 1. The number of rotatable bonds is 8. The van der Waals surface area contributed by atoms with E-state index in [0.29, 0.717) is 30.1 Å². The monoisotopic (exact) mass is 495 g/mol. The smallest absolute Gasteiger partial charge is 0.262 e. The van der Waals surface area contributed by atoms with Crippen molar-refractivity contribution in [3.05, 3.63) is 66.7 Å². The van der Waals surface area contributed by atoms with Crippen molar-refractivity contribution < 1.29 is 17.9 Å². The summed E-state index contributed by atoms with van der Waals surface area (Å²) in [5.41, 5.74) is 3.16. The Kier molecular flexibility index (Phi) is 7.52. The summed E-state index contributed by atoms with van der Waals surface area (Å²) in [7, 11) is -2.29. The standard InChI is InChI=1S/C27H33N3O4S/c1-5-34-26-9-7-6-8-24(26)21-10-13-23(14-11-21)35(31,32)29-25-16-22(12-15-27(25)33-4)30-17-19(2)28-20(3)18-30/h6-16,19-20,28-29H,5,17-18H2,1-4H3/t19-,20+. The maximum Gasteiger partial charge on any atom is 0.262 e. The van der Waals surface area contributed by atoms with Gasteiger partial charge in [-0.1, -0.05) is 30.3 Å². The van der Waals surface area contributed by atoms with Gasteiger partial charge in [-0.05, 0) is 62.7 Å². The van der Waals surface area contributed by atoms with Gasteiger partial charge in [0, 0.05) is 36.4 Å². The molecule has 0 amide bonds. The molecule has 8 heteroatoms. The van der Waals surface area contributed by atoms with Crippen LogP contribution in [-0.2, 0) is 10.0 Å². The van der Waals surface area contributed by atoms with Crippen molar-refractivity contribution >= 4 is 21.4 Å². The number of hydrogen-bond acceptors (Lipinski definition) is 6. The molecule has 1 heterocycles. The first-order chi connectivity index (χ1) is 16.8. The zero-order valence-corrected chi connectivity index (χ0v) is 21.4. The highest BCUT2D eigenvalue weighted by Crippen LogP contribution is 2.34. The van der Waals surface area contributed by atoms with Crippen molar-refractivity contribution in [3.8, 4) is 22.6 Å². The van der Waals surface area contributed by atoms with Crippen LogP contribution in [0.3, 0.4) is 0 Å². The number of benzene rings is 3. The lowest BCUT2D eigenvalue weighted by atomic mass is 10.1. The molecule has 1 fully saturated rings. The predicted octanol–water partition coefficient (Wildman–Crippen LogP) is 4.75. The van der Waals surface area contributed by atoms with Crippen LogP contribution in [0, 0.1) is 0 Å². The highest BCUT2D eigenvalue weighted by molar-refractivity contribution is 7.92. The van der Waals surface area contributed by atoms with E-state index in [0.717, 1.165) is 35.7 Å². The van der Waals surface area contributed by atoms with Crippen LogP contribution in [0.2, 0.25) is 0 Å². The van der Waals surface area contributed by atoms with E-state index >= 15 is 0 Å². The van der Waals surface area contributed by atoms with Gasteiger partial charge in [0.1, 0.15) is 11.5 Å². The minimum absolute atomic E-state index is 0.173. The molecule has 35 heavy (non-hydrogen) atoms. The van der Waals surface area contributed by atoms with Crippen LogP contribution >= 0.6 is 0 Å². The quantitative estimate of drug-likeness (QED) is 0.470. The molecule has 1 saturated heterocycles. The molecule has 1 aliphatic rings. The summed E-state index contributed by atoms with van der Waals surface area (Å²) >= 11 is 0. The number of sulfonamides is 1. The van der Waals surface area contributed by atoms with Gasteiger partial charge in [-0.2, -0.15) is 0 Å². The maximum atomic E-state index is 13.3. The Morgan fingerprint density at radius 3 is 2.31 bits per heavy atom. The van der Waals surface area contributed by atoms with Crippen molar-refractivity contribution in [2.24, 2.45) is 0 Å². The molecule has 0 aliphatic carbocycles. The summed E-state index contributed by atoms with van der Waals surface area (Å²) in [5, 5.41) is 3.52. The topological polar surface area (TPSA) is 79.9 Å². The van der Waals surface area contributed by atoms with E-state index in [2.05, 4.69) is 28.8 Å². The van der Waals surface area contributed by atoms with Gasteiger partial charge in [0.25, 0.3) is 10.0 Å². The van der Waals surface area contributed by atoms with E-state index in [1.54, 1.807) is 30.3 Å².